The predicted molar refractivity (Wildman–Crippen MR) is 71.5 cm³/mol. The number of aliphatic hydroxyl groups excluding tert-OH is 1. The van der Waals surface area contributed by atoms with Crippen LogP contribution in [0.1, 0.15) is 31.4 Å². The van der Waals surface area contributed by atoms with Crippen LogP contribution in [-0.4, -0.2) is 30.6 Å². The lowest BCUT2D eigenvalue weighted by molar-refractivity contribution is -0.119. The molecule has 1 saturated carbocycles. The van der Waals surface area contributed by atoms with E-state index in [0.29, 0.717) is 5.56 Å². The van der Waals surface area contributed by atoms with E-state index in [1.807, 2.05) is 0 Å². The molecule has 2 N–H and O–H groups in total. The van der Waals surface area contributed by atoms with E-state index in [9.17, 15) is 14.3 Å². The monoisotopic (exact) mass is 266 g/mol. The summed E-state index contributed by atoms with van der Waals surface area (Å²) in [7, 11) is 1.65. The maximum Gasteiger partial charge on any atom is 0.239 e. The minimum absolute atomic E-state index is 0.0805. The van der Waals surface area contributed by atoms with Crippen molar-refractivity contribution in [3.8, 4) is 0 Å². The number of hydrogen-bond acceptors (Lipinski definition) is 3. The third-order valence-corrected chi connectivity index (χ3v) is 3.17. The number of para-hydroxylation sites is 1. The number of aliphatic hydroxyl groups is 1. The number of nitrogens with zero attached hydrogens (tertiary/aromatic N) is 1. The second-order valence-corrected chi connectivity index (χ2v) is 5.05. The van der Waals surface area contributed by atoms with Gasteiger partial charge in [-0.25, -0.2) is 4.39 Å². The summed E-state index contributed by atoms with van der Waals surface area (Å²) >= 11 is 0. The maximum absolute atomic E-state index is 13.9. The summed E-state index contributed by atoms with van der Waals surface area (Å²) in [6.07, 6.45) is 1.27. The Kier molecular flexibility index (Phi) is 4.04. The highest BCUT2D eigenvalue weighted by Gasteiger charge is 2.24. The third kappa shape index (κ3) is 3.44. The Morgan fingerprint density at radius 1 is 1.58 bits per heavy atom. The average molecular weight is 266 g/mol. The summed E-state index contributed by atoms with van der Waals surface area (Å²) < 4.78 is 13.9. The molecule has 0 radical (unpaired) electrons. The second kappa shape index (κ2) is 5.57. The van der Waals surface area contributed by atoms with Gasteiger partial charge >= 0.3 is 0 Å². The molecule has 1 aliphatic carbocycles. The van der Waals surface area contributed by atoms with Crippen LogP contribution in [-0.2, 0) is 4.79 Å². The van der Waals surface area contributed by atoms with Crippen LogP contribution in [0.15, 0.2) is 18.2 Å². The van der Waals surface area contributed by atoms with Crippen molar-refractivity contribution in [2.24, 2.45) is 0 Å². The number of carbonyl (C=O) groups excluding carboxylic acids is 1. The minimum Gasteiger partial charge on any atom is -0.389 e. The first-order chi connectivity index (χ1) is 8.99. The molecule has 1 fully saturated rings. The third-order valence-electron chi connectivity index (χ3n) is 3.17. The number of nitrogens with one attached hydrogen (secondary N) is 1. The Morgan fingerprint density at radius 2 is 2.26 bits per heavy atom. The fraction of sp³-hybridized carbons (Fsp3) is 0.500. The number of amides is 1. The normalized spacial score (nSPS) is 16.0. The lowest BCUT2D eigenvalue weighted by Gasteiger charge is -2.23. The van der Waals surface area contributed by atoms with Crippen molar-refractivity contribution in [3.05, 3.63) is 29.6 Å². The summed E-state index contributed by atoms with van der Waals surface area (Å²) in [5, 5.41) is 12.5. The zero-order valence-corrected chi connectivity index (χ0v) is 11.2. The lowest BCUT2D eigenvalue weighted by atomic mass is 10.1. The number of carbonyl (C=O) groups is 1. The van der Waals surface area contributed by atoms with Crippen LogP contribution in [0.5, 0.6) is 0 Å². The van der Waals surface area contributed by atoms with Crippen molar-refractivity contribution >= 4 is 11.6 Å². The molecule has 1 aliphatic rings. The topological polar surface area (TPSA) is 52.6 Å². The van der Waals surface area contributed by atoms with Crippen LogP contribution in [0, 0.1) is 5.82 Å². The van der Waals surface area contributed by atoms with E-state index in [4.69, 9.17) is 0 Å². The number of benzene rings is 1. The van der Waals surface area contributed by atoms with Gasteiger partial charge in [-0.1, -0.05) is 12.1 Å². The summed E-state index contributed by atoms with van der Waals surface area (Å²) in [6.45, 7) is 1.66. The van der Waals surface area contributed by atoms with Crippen LogP contribution in [0.25, 0.3) is 0 Å². The van der Waals surface area contributed by atoms with Crippen LogP contribution in [0.4, 0.5) is 10.1 Å². The van der Waals surface area contributed by atoms with Crippen LogP contribution < -0.4 is 10.2 Å². The van der Waals surface area contributed by atoms with Gasteiger partial charge in [-0.2, -0.15) is 0 Å². The molecular weight excluding hydrogens is 247 g/mol. The number of anilines is 1. The largest absolute Gasteiger partial charge is 0.389 e. The molecule has 4 nitrogen and oxygen atoms in total. The Hall–Kier alpha value is -1.62. The van der Waals surface area contributed by atoms with E-state index in [1.165, 1.54) is 11.0 Å². The number of halogens is 1. The van der Waals surface area contributed by atoms with Gasteiger partial charge in [0.15, 0.2) is 0 Å². The Morgan fingerprint density at radius 3 is 2.84 bits per heavy atom. The van der Waals surface area contributed by atoms with Gasteiger partial charge in [-0.05, 0) is 25.8 Å². The van der Waals surface area contributed by atoms with Gasteiger partial charge in [-0.3, -0.25) is 4.79 Å². The Labute approximate surface area is 112 Å². The van der Waals surface area contributed by atoms with Gasteiger partial charge in [0.2, 0.25) is 5.91 Å². The van der Waals surface area contributed by atoms with E-state index in [2.05, 4.69) is 5.32 Å². The molecule has 1 atom stereocenters. The molecule has 0 heterocycles. The fourth-order valence-corrected chi connectivity index (χ4v) is 2.07. The van der Waals surface area contributed by atoms with Crippen molar-refractivity contribution in [2.45, 2.75) is 31.9 Å². The molecule has 1 amide bonds. The highest BCUT2D eigenvalue weighted by atomic mass is 19.1. The summed E-state index contributed by atoms with van der Waals surface area (Å²) in [5.41, 5.74) is 0.769. The highest BCUT2D eigenvalue weighted by Crippen LogP contribution is 2.28. The molecule has 1 aromatic rings. The van der Waals surface area contributed by atoms with E-state index >= 15 is 0 Å². The molecule has 0 aliphatic heterocycles. The standard InChI is InChI=1S/C14H19FN2O2/c1-9(18)11-4-3-5-12(15)14(11)17(2)8-13(19)16-10-6-7-10/h3-5,9-10,18H,6-8H2,1-2H3,(H,16,19)/t9-/m0/s1. The molecule has 0 aromatic heterocycles. The van der Waals surface area contributed by atoms with Crippen molar-refractivity contribution in [2.75, 3.05) is 18.5 Å². The first-order valence-corrected chi connectivity index (χ1v) is 6.46. The van der Waals surface area contributed by atoms with Crippen LogP contribution in [0.3, 0.4) is 0 Å². The van der Waals surface area contributed by atoms with Crippen molar-refractivity contribution < 1.29 is 14.3 Å². The predicted octanol–water partition coefficient (Wildman–Crippen LogP) is 1.59. The fourth-order valence-electron chi connectivity index (χ4n) is 2.07. The molecule has 104 valence electrons. The number of hydrogen-bond donors (Lipinski definition) is 2. The SMILES string of the molecule is C[C@H](O)c1cccc(F)c1N(C)CC(=O)NC1CC1. The van der Waals surface area contributed by atoms with Crippen LogP contribution >= 0.6 is 0 Å². The molecule has 2 rings (SSSR count). The van der Waals surface area contributed by atoms with Crippen molar-refractivity contribution in [1.82, 2.24) is 5.32 Å². The molecule has 0 unspecified atom stereocenters. The smallest absolute Gasteiger partial charge is 0.239 e. The van der Waals surface area contributed by atoms with Gasteiger partial charge in [0, 0.05) is 18.7 Å². The van der Waals surface area contributed by atoms with Gasteiger partial charge < -0.3 is 15.3 Å². The molecular formula is C14H19FN2O2. The van der Waals surface area contributed by atoms with Gasteiger partial charge in [-0.15, -0.1) is 0 Å². The molecule has 19 heavy (non-hydrogen) atoms. The lowest BCUT2D eigenvalue weighted by Crippen LogP contribution is -2.37. The minimum atomic E-state index is -0.778. The first-order valence-electron chi connectivity index (χ1n) is 6.46. The molecule has 0 spiro atoms. The van der Waals surface area contributed by atoms with Crippen LogP contribution in [0.2, 0.25) is 0 Å². The molecule has 0 saturated heterocycles. The number of likely N-dealkylation sites (N-methyl/N-ethyl adjacent to an activating group) is 1. The summed E-state index contributed by atoms with van der Waals surface area (Å²) in [4.78, 5) is 13.3. The quantitative estimate of drug-likeness (QED) is 0.851. The molecule has 0 bridgehead atoms. The van der Waals surface area contributed by atoms with Crippen molar-refractivity contribution in [1.29, 1.82) is 0 Å². The zero-order valence-electron chi connectivity index (χ0n) is 11.2. The maximum atomic E-state index is 13.9. The molecule has 5 heteroatoms. The second-order valence-electron chi connectivity index (χ2n) is 5.05. The summed E-state index contributed by atoms with van der Waals surface area (Å²) in [5.74, 6) is -0.551. The first kappa shape index (κ1) is 13.8. The molecule has 1 aromatic carbocycles. The van der Waals surface area contributed by atoms with Gasteiger partial charge in [0.05, 0.1) is 18.3 Å². The Balaban J connectivity index is 2.12. The van der Waals surface area contributed by atoms with Gasteiger partial charge in [0.1, 0.15) is 5.82 Å². The highest BCUT2D eigenvalue weighted by molar-refractivity contribution is 5.82. The van der Waals surface area contributed by atoms with Gasteiger partial charge in [0.25, 0.3) is 0 Å². The zero-order chi connectivity index (χ0) is 14.0. The Bertz CT molecular complexity index is 473. The number of rotatable bonds is 5. The average Bonchev–Trinajstić information content (AvgIpc) is 3.11. The van der Waals surface area contributed by atoms with E-state index in [-0.39, 0.29) is 24.2 Å². The van der Waals surface area contributed by atoms with E-state index in [0.717, 1.165) is 12.8 Å². The van der Waals surface area contributed by atoms with E-state index in [1.54, 1.807) is 26.1 Å². The van der Waals surface area contributed by atoms with Crippen molar-refractivity contribution in [3.63, 3.8) is 0 Å². The van der Waals surface area contributed by atoms with E-state index < -0.39 is 11.9 Å². The summed E-state index contributed by atoms with van der Waals surface area (Å²) in [6, 6.07) is 4.84.